The topological polar surface area (TPSA) is 39.4 Å². The highest BCUT2D eigenvalue weighted by Gasteiger charge is 2.09. The van der Waals surface area contributed by atoms with Crippen molar-refractivity contribution < 1.29 is 13.9 Å². The van der Waals surface area contributed by atoms with Gasteiger partial charge in [-0.25, -0.2) is 4.79 Å². The van der Waals surface area contributed by atoms with Gasteiger partial charge in [0.2, 0.25) is 0 Å². The highest BCUT2D eigenvalue weighted by Crippen LogP contribution is 2.13. The molecule has 0 aliphatic rings. The molecule has 0 aliphatic heterocycles. The Morgan fingerprint density at radius 2 is 2.33 bits per heavy atom. The molecule has 82 valence electrons. The van der Waals surface area contributed by atoms with E-state index in [1.54, 1.807) is 25.3 Å². The predicted molar refractivity (Wildman–Crippen MR) is 58.2 cm³/mol. The van der Waals surface area contributed by atoms with Gasteiger partial charge in [-0.1, -0.05) is 13.3 Å². The third kappa shape index (κ3) is 3.62. The maximum atomic E-state index is 11.5. The van der Waals surface area contributed by atoms with E-state index >= 15 is 0 Å². The minimum absolute atomic E-state index is 0.254. The molecule has 0 N–H and O–H groups in total. The van der Waals surface area contributed by atoms with Crippen LogP contribution in [0.25, 0.3) is 6.08 Å². The van der Waals surface area contributed by atoms with Crippen LogP contribution in [-0.2, 0) is 9.53 Å². The molecule has 15 heavy (non-hydrogen) atoms. The van der Waals surface area contributed by atoms with Gasteiger partial charge in [0.05, 0.1) is 12.9 Å². The first kappa shape index (κ1) is 11.6. The Bertz CT molecular complexity index is 323. The summed E-state index contributed by atoms with van der Waals surface area (Å²) in [6, 6.07) is 3.61. The van der Waals surface area contributed by atoms with Gasteiger partial charge in [-0.3, -0.25) is 0 Å². The number of hydrogen-bond acceptors (Lipinski definition) is 3. The first-order valence-electron chi connectivity index (χ1n) is 5.19. The van der Waals surface area contributed by atoms with Crippen LogP contribution < -0.4 is 0 Å². The molecular formula is C12H16O3. The fraction of sp³-hybridized carbons (Fsp3) is 0.417. The fourth-order valence-corrected chi connectivity index (χ4v) is 1.27. The second-order valence-electron chi connectivity index (χ2n) is 3.16. The smallest absolute Gasteiger partial charge is 0.334 e. The molecule has 1 rings (SSSR count). The average Bonchev–Trinajstić information content (AvgIpc) is 2.70. The van der Waals surface area contributed by atoms with Gasteiger partial charge in [-0.2, -0.15) is 0 Å². The normalized spacial score (nSPS) is 11.5. The van der Waals surface area contributed by atoms with Gasteiger partial charge in [0.1, 0.15) is 5.76 Å². The lowest BCUT2D eigenvalue weighted by molar-refractivity contribution is -0.138. The predicted octanol–water partition coefficient (Wildman–Crippen LogP) is 3.03. The standard InChI is InChI=1S/C12H16O3/c1-3-6-10(12(13)14-4-2)9-11-7-5-8-15-11/h5,7-9H,3-4,6H2,1-2H3/b10-9+. The van der Waals surface area contributed by atoms with Gasteiger partial charge in [-0.05, 0) is 31.6 Å². The van der Waals surface area contributed by atoms with Crippen molar-refractivity contribution in [1.29, 1.82) is 0 Å². The van der Waals surface area contributed by atoms with Crippen molar-refractivity contribution in [2.75, 3.05) is 6.61 Å². The van der Waals surface area contributed by atoms with E-state index in [1.807, 2.05) is 13.0 Å². The van der Waals surface area contributed by atoms with Gasteiger partial charge in [0, 0.05) is 5.57 Å². The summed E-state index contributed by atoms with van der Waals surface area (Å²) in [6.45, 7) is 4.22. The number of rotatable bonds is 5. The molecule has 1 heterocycles. The molecule has 0 aliphatic carbocycles. The Balaban J connectivity index is 2.77. The van der Waals surface area contributed by atoms with E-state index in [2.05, 4.69) is 0 Å². The Labute approximate surface area is 89.7 Å². The van der Waals surface area contributed by atoms with Crippen LogP contribution in [0, 0.1) is 0 Å². The summed E-state index contributed by atoms with van der Waals surface area (Å²) in [7, 11) is 0. The van der Waals surface area contributed by atoms with Crippen LogP contribution >= 0.6 is 0 Å². The molecule has 0 fully saturated rings. The average molecular weight is 208 g/mol. The third-order valence-corrected chi connectivity index (χ3v) is 1.92. The summed E-state index contributed by atoms with van der Waals surface area (Å²) in [5.41, 5.74) is 0.661. The van der Waals surface area contributed by atoms with Crippen molar-refractivity contribution in [2.45, 2.75) is 26.7 Å². The zero-order valence-electron chi connectivity index (χ0n) is 9.16. The SMILES string of the molecule is CCC/C(=C\c1ccco1)C(=O)OCC. The van der Waals surface area contributed by atoms with Crippen LogP contribution in [0.5, 0.6) is 0 Å². The minimum atomic E-state index is -0.254. The Kier molecular flexibility index (Phi) is 4.68. The van der Waals surface area contributed by atoms with Crippen molar-refractivity contribution in [3.63, 3.8) is 0 Å². The van der Waals surface area contributed by atoms with Crippen LogP contribution in [0.4, 0.5) is 0 Å². The third-order valence-electron chi connectivity index (χ3n) is 1.92. The molecule has 0 bridgehead atoms. The van der Waals surface area contributed by atoms with E-state index in [1.165, 1.54) is 0 Å². The van der Waals surface area contributed by atoms with Gasteiger partial charge >= 0.3 is 5.97 Å². The van der Waals surface area contributed by atoms with Crippen molar-refractivity contribution >= 4 is 12.0 Å². The van der Waals surface area contributed by atoms with Gasteiger partial charge in [-0.15, -0.1) is 0 Å². The van der Waals surface area contributed by atoms with Crippen molar-refractivity contribution in [3.8, 4) is 0 Å². The molecule has 3 heteroatoms. The molecule has 0 spiro atoms. The molecule has 0 unspecified atom stereocenters. The fourth-order valence-electron chi connectivity index (χ4n) is 1.27. The maximum absolute atomic E-state index is 11.5. The Morgan fingerprint density at radius 1 is 1.53 bits per heavy atom. The number of furan rings is 1. The van der Waals surface area contributed by atoms with E-state index in [-0.39, 0.29) is 5.97 Å². The molecule has 0 atom stereocenters. The summed E-state index contributed by atoms with van der Waals surface area (Å²) in [6.07, 6.45) is 4.94. The van der Waals surface area contributed by atoms with Crippen molar-refractivity contribution in [3.05, 3.63) is 29.7 Å². The summed E-state index contributed by atoms with van der Waals surface area (Å²) >= 11 is 0. The molecule has 0 saturated heterocycles. The number of esters is 1. The van der Waals surface area contributed by atoms with E-state index in [4.69, 9.17) is 9.15 Å². The van der Waals surface area contributed by atoms with E-state index in [0.717, 1.165) is 6.42 Å². The lowest BCUT2D eigenvalue weighted by atomic mass is 10.1. The monoisotopic (exact) mass is 208 g/mol. The lowest BCUT2D eigenvalue weighted by Gasteiger charge is -2.04. The highest BCUT2D eigenvalue weighted by molar-refractivity contribution is 5.93. The van der Waals surface area contributed by atoms with E-state index in [9.17, 15) is 4.79 Å². The number of hydrogen-bond donors (Lipinski definition) is 0. The van der Waals surface area contributed by atoms with Gasteiger partial charge in [0.25, 0.3) is 0 Å². The highest BCUT2D eigenvalue weighted by atomic mass is 16.5. The van der Waals surface area contributed by atoms with Crippen LogP contribution in [-0.4, -0.2) is 12.6 Å². The molecule has 3 nitrogen and oxygen atoms in total. The summed E-state index contributed by atoms with van der Waals surface area (Å²) in [5.74, 6) is 0.433. The first-order chi connectivity index (χ1) is 7.27. The molecule has 0 amide bonds. The Morgan fingerprint density at radius 3 is 2.87 bits per heavy atom. The van der Waals surface area contributed by atoms with Crippen molar-refractivity contribution in [2.24, 2.45) is 0 Å². The molecule has 0 aromatic carbocycles. The largest absolute Gasteiger partial charge is 0.465 e. The second kappa shape index (κ2) is 6.06. The quantitative estimate of drug-likeness (QED) is 0.551. The minimum Gasteiger partial charge on any atom is -0.465 e. The van der Waals surface area contributed by atoms with Crippen LogP contribution in [0.3, 0.4) is 0 Å². The number of carbonyl (C=O) groups excluding carboxylic acids is 1. The maximum Gasteiger partial charge on any atom is 0.334 e. The zero-order chi connectivity index (χ0) is 11.1. The molecule has 1 aromatic heterocycles. The number of carbonyl (C=O) groups is 1. The first-order valence-corrected chi connectivity index (χ1v) is 5.19. The van der Waals surface area contributed by atoms with Crippen LogP contribution in [0.15, 0.2) is 28.4 Å². The summed E-state index contributed by atoms with van der Waals surface area (Å²) < 4.78 is 10.1. The molecule has 0 saturated carbocycles. The molecule has 0 radical (unpaired) electrons. The lowest BCUT2D eigenvalue weighted by Crippen LogP contribution is -2.07. The van der Waals surface area contributed by atoms with E-state index in [0.29, 0.717) is 24.4 Å². The van der Waals surface area contributed by atoms with Crippen molar-refractivity contribution in [1.82, 2.24) is 0 Å². The van der Waals surface area contributed by atoms with E-state index < -0.39 is 0 Å². The Hall–Kier alpha value is -1.51. The van der Waals surface area contributed by atoms with Gasteiger partial charge < -0.3 is 9.15 Å². The zero-order valence-corrected chi connectivity index (χ0v) is 9.16. The number of ether oxygens (including phenoxy) is 1. The summed E-state index contributed by atoms with van der Waals surface area (Å²) in [4.78, 5) is 11.5. The van der Waals surface area contributed by atoms with Crippen LogP contribution in [0.2, 0.25) is 0 Å². The van der Waals surface area contributed by atoms with Gasteiger partial charge in [0.15, 0.2) is 0 Å². The second-order valence-corrected chi connectivity index (χ2v) is 3.16. The molecule has 1 aromatic rings. The molecular weight excluding hydrogens is 192 g/mol. The summed E-state index contributed by atoms with van der Waals surface area (Å²) in [5, 5.41) is 0. The van der Waals surface area contributed by atoms with Crippen LogP contribution in [0.1, 0.15) is 32.4 Å².